The molecular formula is C24H26FN5O3S. The largest absolute Gasteiger partial charge is 0.462 e. The molecule has 10 heteroatoms. The van der Waals surface area contributed by atoms with Gasteiger partial charge in [0.05, 0.1) is 28.9 Å². The molecule has 3 aromatic rings. The van der Waals surface area contributed by atoms with E-state index >= 15 is 0 Å². The van der Waals surface area contributed by atoms with Gasteiger partial charge in [-0.3, -0.25) is 14.6 Å². The topological polar surface area (TPSA) is 97.3 Å². The van der Waals surface area contributed by atoms with Crippen molar-refractivity contribution in [3.05, 3.63) is 47.0 Å². The maximum Gasteiger partial charge on any atom is 0.306 e. The third kappa shape index (κ3) is 4.86. The average Bonchev–Trinajstić information content (AvgIpc) is 3.47. The van der Waals surface area contributed by atoms with Crippen LogP contribution in [-0.2, 0) is 9.53 Å². The Labute approximate surface area is 200 Å². The Bertz CT molecular complexity index is 1210. The molecule has 3 aromatic heterocycles. The Balaban J connectivity index is 1.25. The van der Waals surface area contributed by atoms with E-state index in [0.717, 1.165) is 36.6 Å². The molecule has 0 aromatic carbocycles. The predicted molar refractivity (Wildman–Crippen MR) is 126 cm³/mol. The van der Waals surface area contributed by atoms with Crippen molar-refractivity contribution in [1.29, 1.82) is 0 Å². The number of pyridine rings is 1. The highest BCUT2D eigenvalue weighted by Crippen LogP contribution is 2.29. The maximum absolute atomic E-state index is 13.5. The van der Waals surface area contributed by atoms with Gasteiger partial charge in [-0.05, 0) is 55.7 Å². The van der Waals surface area contributed by atoms with Crippen molar-refractivity contribution >= 4 is 39.4 Å². The standard InChI is InChI=1S/C24H26FN5O3S/c1-14(16-9-17(25)11-26-10-16)27-24-28-19-6-7-34-22(19)21(29-24)23(32)30-12-15(13-30)8-20(31)33-18-4-2-3-5-18/h6-7,9-11,14-15,18H,2-5,8,12-13H2,1H3,(H,27,28,29)/t14-/m0/s1. The summed E-state index contributed by atoms with van der Waals surface area (Å²) in [4.78, 5) is 40.0. The van der Waals surface area contributed by atoms with Crippen LogP contribution < -0.4 is 5.32 Å². The molecule has 5 rings (SSSR count). The van der Waals surface area contributed by atoms with Crippen LogP contribution >= 0.6 is 11.3 Å². The van der Waals surface area contributed by atoms with Crippen molar-refractivity contribution < 1.29 is 18.7 Å². The average molecular weight is 484 g/mol. The van der Waals surface area contributed by atoms with Gasteiger partial charge in [0.2, 0.25) is 5.95 Å². The van der Waals surface area contributed by atoms with Crippen LogP contribution in [0.2, 0.25) is 0 Å². The molecule has 1 N–H and O–H groups in total. The predicted octanol–water partition coefficient (Wildman–Crippen LogP) is 4.35. The number of fused-ring (bicyclic) bond motifs is 1. The summed E-state index contributed by atoms with van der Waals surface area (Å²) in [6.07, 6.45) is 7.28. The first-order valence-corrected chi connectivity index (χ1v) is 12.4. The first kappa shape index (κ1) is 22.6. The first-order chi connectivity index (χ1) is 16.5. The quantitative estimate of drug-likeness (QED) is 0.499. The van der Waals surface area contributed by atoms with Gasteiger partial charge in [0.25, 0.3) is 5.91 Å². The molecule has 2 aliphatic rings. The first-order valence-electron chi connectivity index (χ1n) is 11.6. The number of amides is 1. The number of hydrogen-bond acceptors (Lipinski definition) is 8. The fraction of sp³-hybridized carbons (Fsp3) is 0.458. The molecule has 1 saturated heterocycles. The lowest BCUT2D eigenvalue weighted by atomic mass is 9.96. The Morgan fingerprint density at radius 3 is 2.82 bits per heavy atom. The number of halogens is 1. The summed E-state index contributed by atoms with van der Waals surface area (Å²) < 4.78 is 19.8. The van der Waals surface area contributed by atoms with E-state index in [4.69, 9.17) is 4.74 Å². The van der Waals surface area contributed by atoms with E-state index < -0.39 is 5.82 Å². The zero-order chi connectivity index (χ0) is 23.7. The van der Waals surface area contributed by atoms with Crippen LogP contribution in [0.15, 0.2) is 29.9 Å². The molecule has 178 valence electrons. The lowest BCUT2D eigenvalue weighted by Gasteiger charge is -2.38. The lowest BCUT2D eigenvalue weighted by molar-refractivity contribution is -0.151. The molecule has 1 atom stereocenters. The number of nitrogens with one attached hydrogen (secondary N) is 1. The van der Waals surface area contributed by atoms with Gasteiger partial charge in [-0.25, -0.2) is 14.4 Å². The van der Waals surface area contributed by atoms with Gasteiger partial charge in [-0.15, -0.1) is 11.3 Å². The molecule has 34 heavy (non-hydrogen) atoms. The Kier molecular flexibility index (Phi) is 6.40. The van der Waals surface area contributed by atoms with Crippen molar-refractivity contribution in [2.24, 2.45) is 5.92 Å². The summed E-state index contributed by atoms with van der Waals surface area (Å²) in [5.41, 5.74) is 1.66. The van der Waals surface area contributed by atoms with Gasteiger partial charge in [-0.2, -0.15) is 0 Å². The summed E-state index contributed by atoms with van der Waals surface area (Å²) in [5, 5.41) is 5.02. The van der Waals surface area contributed by atoms with E-state index in [9.17, 15) is 14.0 Å². The van der Waals surface area contributed by atoms with E-state index in [2.05, 4.69) is 20.3 Å². The molecule has 1 amide bonds. The van der Waals surface area contributed by atoms with Crippen molar-refractivity contribution in [2.75, 3.05) is 18.4 Å². The van der Waals surface area contributed by atoms with E-state index in [0.29, 0.717) is 42.2 Å². The zero-order valence-electron chi connectivity index (χ0n) is 18.9. The summed E-state index contributed by atoms with van der Waals surface area (Å²) >= 11 is 1.42. The smallest absolute Gasteiger partial charge is 0.306 e. The maximum atomic E-state index is 13.5. The molecule has 0 radical (unpaired) electrons. The van der Waals surface area contributed by atoms with Crippen molar-refractivity contribution in [3.63, 3.8) is 0 Å². The van der Waals surface area contributed by atoms with Crippen molar-refractivity contribution in [2.45, 2.75) is 51.2 Å². The molecule has 0 spiro atoms. The van der Waals surface area contributed by atoms with Crippen LogP contribution in [0.3, 0.4) is 0 Å². The number of ether oxygens (including phenoxy) is 1. The minimum Gasteiger partial charge on any atom is -0.462 e. The highest BCUT2D eigenvalue weighted by atomic mass is 32.1. The van der Waals surface area contributed by atoms with Crippen molar-refractivity contribution in [3.8, 4) is 0 Å². The number of thiophene rings is 1. The van der Waals surface area contributed by atoms with Gasteiger partial charge < -0.3 is 15.0 Å². The molecule has 0 bridgehead atoms. The van der Waals surface area contributed by atoms with Gasteiger partial charge in [0, 0.05) is 25.2 Å². The van der Waals surface area contributed by atoms with Crippen LogP contribution in [0.1, 0.15) is 61.1 Å². The van der Waals surface area contributed by atoms with E-state index in [1.54, 1.807) is 11.1 Å². The molecular weight excluding hydrogens is 457 g/mol. The van der Waals surface area contributed by atoms with Gasteiger partial charge >= 0.3 is 5.97 Å². The van der Waals surface area contributed by atoms with E-state index in [1.165, 1.54) is 17.4 Å². The molecule has 1 saturated carbocycles. The molecule has 4 heterocycles. The SMILES string of the molecule is C[C@H](Nc1nc(C(=O)N2CC(CC(=O)OC3CCCC3)C2)c2sccc2n1)c1cncc(F)c1. The van der Waals surface area contributed by atoms with Crippen LogP contribution in [-0.4, -0.2) is 50.9 Å². The molecule has 0 unspecified atom stereocenters. The minimum atomic E-state index is -0.421. The molecule has 8 nitrogen and oxygen atoms in total. The highest BCUT2D eigenvalue weighted by molar-refractivity contribution is 7.17. The number of rotatable bonds is 7. The van der Waals surface area contributed by atoms with Crippen molar-refractivity contribution in [1.82, 2.24) is 19.9 Å². The number of likely N-dealkylation sites (tertiary alicyclic amines) is 1. The Hall–Kier alpha value is -3.14. The molecule has 2 fully saturated rings. The summed E-state index contributed by atoms with van der Waals surface area (Å²) in [7, 11) is 0. The second kappa shape index (κ2) is 9.61. The van der Waals surface area contributed by atoms with Crippen LogP contribution in [0, 0.1) is 11.7 Å². The van der Waals surface area contributed by atoms with Gasteiger partial charge in [0.1, 0.15) is 11.9 Å². The lowest BCUT2D eigenvalue weighted by Crippen LogP contribution is -2.51. The highest BCUT2D eigenvalue weighted by Gasteiger charge is 2.35. The molecule has 1 aliphatic carbocycles. The Morgan fingerprint density at radius 2 is 2.06 bits per heavy atom. The van der Waals surface area contributed by atoms with Crippen LogP contribution in [0.4, 0.5) is 10.3 Å². The number of aromatic nitrogens is 3. The van der Waals surface area contributed by atoms with Crippen LogP contribution in [0.25, 0.3) is 10.2 Å². The summed E-state index contributed by atoms with van der Waals surface area (Å²) in [6, 6.07) is 2.94. The second-order valence-corrected chi connectivity index (χ2v) is 9.93. The monoisotopic (exact) mass is 483 g/mol. The third-order valence-corrected chi connectivity index (χ3v) is 7.29. The molecule has 1 aliphatic heterocycles. The number of carbonyl (C=O) groups excluding carboxylic acids is 2. The second-order valence-electron chi connectivity index (χ2n) is 9.01. The number of carbonyl (C=O) groups is 2. The fourth-order valence-electron chi connectivity index (χ4n) is 4.51. The summed E-state index contributed by atoms with van der Waals surface area (Å²) in [5.74, 6) is -0.368. The Morgan fingerprint density at radius 1 is 1.26 bits per heavy atom. The number of hydrogen-bond donors (Lipinski definition) is 1. The van der Waals surface area contributed by atoms with Crippen LogP contribution in [0.5, 0.6) is 0 Å². The normalized spacial score (nSPS) is 17.5. The fourth-order valence-corrected chi connectivity index (χ4v) is 5.32. The minimum absolute atomic E-state index is 0.0647. The third-order valence-electron chi connectivity index (χ3n) is 6.38. The van der Waals surface area contributed by atoms with Gasteiger partial charge in [-0.1, -0.05) is 0 Å². The number of nitrogens with zero attached hydrogens (tertiary/aromatic N) is 4. The zero-order valence-corrected chi connectivity index (χ0v) is 19.7. The van der Waals surface area contributed by atoms with Gasteiger partial charge in [0.15, 0.2) is 5.69 Å². The number of esters is 1. The number of anilines is 1. The summed E-state index contributed by atoms with van der Waals surface area (Å²) in [6.45, 7) is 2.86. The van der Waals surface area contributed by atoms with E-state index in [-0.39, 0.29) is 29.9 Å². The van der Waals surface area contributed by atoms with E-state index in [1.807, 2.05) is 18.4 Å².